The van der Waals surface area contributed by atoms with E-state index in [2.05, 4.69) is 0 Å². The van der Waals surface area contributed by atoms with Crippen molar-refractivity contribution in [1.82, 2.24) is 0 Å². The van der Waals surface area contributed by atoms with Crippen LogP contribution < -0.4 is 4.74 Å². The second kappa shape index (κ2) is 6.00. The van der Waals surface area contributed by atoms with Crippen LogP contribution in [0.15, 0.2) is 18.2 Å². The summed E-state index contributed by atoms with van der Waals surface area (Å²) in [5, 5.41) is 0. The van der Waals surface area contributed by atoms with E-state index in [1.165, 1.54) is 13.4 Å². The van der Waals surface area contributed by atoms with Crippen molar-refractivity contribution in [1.29, 1.82) is 0 Å². The molecule has 0 aliphatic heterocycles. The number of hydrogen-bond donors (Lipinski definition) is 0. The summed E-state index contributed by atoms with van der Waals surface area (Å²) in [5.74, 6) is 0.483. The third-order valence-corrected chi connectivity index (χ3v) is 3.60. The van der Waals surface area contributed by atoms with Crippen molar-refractivity contribution in [3.05, 3.63) is 29.3 Å². The molecule has 0 aliphatic carbocycles. The molecule has 0 heterocycles. The molecule has 0 aromatic heterocycles. The quantitative estimate of drug-likeness (QED) is 0.742. The average molecular weight is 270 g/mol. The van der Waals surface area contributed by atoms with Crippen molar-refractivity contribution in [2.75, 3.05) is 19.1 Å². The van der Waals surface area contributed by atoms with E-state index in [9.17, 15) is 13.2 Å². The second-order valence-corrected chi connectivity index (χ2v) is 6.62. The average Bonchev–Trinajstić information content (AvgIpc) is 2.27. The number of hydrogen-bond acceptors (Lipinski definition) is 4. The number of methoxy groups -OCH3 is 1. The monoisotopic (exact) mass is 270 g/mol. The normalized spacial score (nSPS) is 11.3. The van der Waals surface area contributed by atoms with Crippen LogP contribution >= 0.6 is 0 Å². The van der Waals surface area contributed by atoms with Crippen LogP contribution in [0.3, 0.4) is 0 Å². The first-order valence-corrected chi connectivity index (χ1v) is 7.75. The van der Waals surface area contributed by atoms with E-state index in [0.29, 0.717) is 17.7 Å². The summed E-state index contributed by atoms with van der Waals surface area (Å²) >= 11 is 0. The molecule has 1 rings (SSSR count). The smallest absolute Gasteiger partial charge is 0.166 e. The summed E-state index contributed by atoms with van der Waals surface area (Å²) in [6, 6.07) is 5.38. The van der Waals surface area contributed by atoms with Crippen LogP contribution in [0.4, 0.5) is 0 Å². The predicted octanol–water partition coefficient (Wildman–Crippen LogP) is 2.01. The third kappa shape index (κ3) is 4.49. The number of carbonyl (C=O) groups excluding carboxylic acids is 1. The summed E-state index contributed by atoms with van der Waals surface area (Å²) in [4.78, 5) is 12.0. The number of benzene rings is 1. The molecule has 1 aromatic carbocycles. The lowest BCUT2D eigenvalue weighted by molar-refractivity contribution is 0.0979. The summed E-state index contributed by atoms with van der Waals surface area (Å²) in [6.45, 7) is 1.90. The van der Waals surface area contributed by atoms with Gasteiger partial charge in [-0.3, -0.25) is 4.79 Å². The lowest BCUT2D eigenvalue weighted by atomic mass is 10.0. The first kappa shape index (κ1) is 14.7. The molecule has 100 valence electrons. The van der Waals surface area contributed by atoms with Crippen LogP contribution in [0.25, 0.3) is 0 Å². The van der Waals surface area contributed by atoms with Gasteiger partial charge in [-0.15, -0.1) is 0 Å². The van der Waals surface area contributed by atoms with E-state index in [0.717, 1.165) is 5.56 Å². The number of ketones is 1. The minimum atomic E-state index is -3.01. The van der Waals surface area contributed by atoms with E-state index in [1.54, 1.807) is 12.1 Å². The van der Waals surface area contributed by atoms with Crippen molar-refractivity contribution in [3.63, 3.8) is 0 Å². The van der Waals surface area contributed by atoms with Crippen molar-refractivity contribution in [3.8, 4) is 5.75 Å². The Hall–Kier alpha value is -1.36. The highest BCUT2D eigenvalue weighted by Gasteiger charge is 2.13. The van der Waals surface area contributed by atoms with E-state index in [1.807, 2.05) is 13.0 Å². The van der Waals surface area contributed by atoms with Crippen molar-refractivity contribution in [2.24, 2.45) is 0 Å². The van der Waals surface area contributed by atoms with Crippen molar-refractivity contribution < 1.29 is 17.9 Å². The Labute approximate surface area is 108 Å². The standard InChI is InChI=1S/C13H18O4S/c1-10-6-7-13(17-2)11(9-10)12(14)5-4-8-18(3,15)16/h6-7,9H,4-5,8H2,1-3H3. The van der Waals surface area contributed by atoms with E-state index < -0.39 is 9.84 Å². The van der Waals surface area contributed by atoms with Crippen LogP contribution in [-0.4, -0.2) is 33.3 Å². The number of rotatable bonds is 6. The number of carbonyl (C=O) groups is 1. The Morgan fingerprint density at radius 3 is 2.56 bits per heavy atom. The zero-order chi connectivity index (χ0) is 13.8. The number of aryl methyl sites for hydroxylation is 1. The molecule has 0 N–H and O–H groups in total. The number of sulfone groups is 1. The van der Waals surface area contributed by atoms with E-state index >= 15 is 0 Å². The SMILES string of the molecule is COc1ccc(C)cc1C(=O)CCCS(C)(=O)=O. The summed E-state index contributed by atoms with van der Waals surface area (Å²) in [6.07, 6.45) is 1.73. The maximum atomic E-state index is 12.0. The van der Waals surface area contributed by atoms with Gasteiger partial charge in [-0.1, -0.05) is 11.6 Å². The Morgan fingerprint density at radius 2 is 2.00 bits per heavy atom. The zero-order valence-corrected chi connectivity index (χ0v) is 11.7. The van der Waals surface area contributed by atoms with Gasteiger partial charge < -0.3 is 4.74 Å². The van der Waals surface area contributed by atoms with Crippen molar-refractivity contribution >= 4 is 15.6 Å². The molecule has 18 heavy (non-hydrogen) atoms. The Balaban J connectivity index is 2.75. The van der Waals surface area contributed by atoms with Gasteiger partial charge in [0, 0.05) is 12.7 Å². The first-order valence-electron chi connectivity index (χ1n) is 5.69. The van der Waals surface area contributed by atoms with Crippen LogP contribution in [0.1, 0.15) is 28.8 Å². The Kier molecular flexibility index (Phi) is 4.90. The van der Waals surface area contributed by atoms with Gasteiger partial charge >= 0.3 is 0 Å². The highest BCUT2D eigenvalue weighted by Crippen LogP contribution is 2.21. The molecule has 0 bridgehead atoms. The molecular formula is C13H18O4S. The van der Waals surface area contributed by atoms with Crippen LogP contribution in [0, 0.1) is 6.92 Å². The summed E-state index contributed by atoms with van der Waals surface area (Å²) in [7, 11) is -1.50. The Morgan fingerprint density at radius 1 is 1.33 bits per heavy atom. The molecule has 4 nitrogen and oxygen atoms in total. The highest BCUT2D eigenvalue weighted by molar-refractivity contribution is 7.90. The van der Waals surface area contributed by atoms with Crippen LogP contribution in [-0.2, 0) is 9.84 Å². The van der Waals surface area contributed by atoms with Gasteiger partial charge in [0.2, 0.25) is 0 Å². The first-order chi connectivity index (χ1) is 8.33. The van der Waals surface area contributed by atoms with Crippen molar-refractivity contribution in [2.45, 2.75) is 19.8 Å². The molecule has 5 heteroatoms. The minimum Gasteiger partial charge on any atom is -0.496 e. The highest BCUT2D eigenvalue weighted by atomic mass is 32.2. The fraction of sp³-hybridized carbons (Fsp3) is 0.462. The van der Waals surface area contributed by atoms with Gasteiger partial charge in [0.1, 0.15) is 15.6 Å². The molecular weight excluding hydrogens is 252 g/mol. The lowest BCUT2D eigenvalue weighted by Crippen LogP contribution is -2.07. The Bertz CT molecular complexity index is 532. The maximum absolute atomic E-state index is 12.0. The minimum absolute atomic E-state index is 0.0346. The molecule has 0 spiro atoms. The topological polar surface area (TPSA) is 60.4 Å². The lowest BCUT2D eigenvalue weighted by Gasteiger charge is -2.08. The van der Waals surface area contributed by atoms with Crippen LogP contribution in [0.5, 0.6) is 5.75 Å². The molecule has 0 unspecified atom stereocenters. The van der Waals surface area contributed by atoms with Gasteiger partial charge in [-0.25, -0.2) is 8.42 Å². The van der Waals surface area contributed by atoms with Gasteiger partial charge in [0.25, 0.3) is 0 Å². The molecule has 0 aliphatic rings. The molecule has 0 amide bonds. The summed E-state index contributed by atoms with van der Waals surface area (Å²) < 4.78 is 27.1. The number of ether oxygens (including phenoxy) is 1. The predicted molar refractivity (Wildman–Crippen MR) is 71.0 cm³/mol. The maximum Gasteiger partial charge on any atom is 0.166 e. The van der Waals surface area contributed by atoms with E-state index in [4.69, 9.17) is 4.74 Å². The molecule has 0 saturated carbocycles. The fourth-order valence-electron chi connectivity index (χ4n) is 1.67. The number of Topliss-reactive ketones (excluding diaryl/α,β-unsaturated/α-hetero) is 1. The van der Waals surface area contributed by atoms with Gasteiger partial charge in [0.05, 0.1) is 18.4 Å². The molecule has 1 aromatic rings. The van der Waals surface area contributed by atoms with E-state index in [-0.39, 0.29) is 18.0 Å². The van der Waals surface area contributed by atoms with Gasteiger partial charge in [-0.05, 0) is 25.5 Å². The van der Waals surface area contributed by atoms with Gasteiger partial charge in [0.15, 0.2) is 5.78 Å². The second-order valence-electron chi connectivity index (χ2n) is 4.36. The molecule has 0 fully saturated rings. The fourth-order valence-corrected chi connectivity index (χ4v) is 2.34. The molecule has 0 atom stereocenters. The zero-order valence-electron chi connectivity index (χ0n) is 10.9. The largest absolute Gasteiger partial charge is 0.496 e. The van der Waals surface area contributed by atoms with Gasteiger partial charge in [-0.2, -0.15) is 0 Å². The molecule has 0 radical (unpaired) electrons. The third-order valence-electron chi connectivity index (χ3n) is 2.57. The molecule has 0 saturated heterocycles. The van der Waals surface area contributed by atoms with Crippen LogP contribution in [0.2, 0.25) is 0 Å². The summed E-state index contributed by atoms with van der Waals surface area (Å²) in [5.41, 5.74) is 1.49.